The number of carbonyl (C=O) groups excluding carboxylic acids is 1. The van der Waals surface area contributed by atoms with Gasteiger partial charge in [0.1, 0.15) is 6.79 Å². The van der Waals surface area contributed by atoms with Crippen molar-refractivity contribution in [3.05, 3.63) is 60.7 Å². The zero-order chi connectivity index (χ0) is 12.2. The number of benzene rings is 2. The van der Waals surface area contributed by atoms with Crippen LogP contribution >= 0.6 is 0 Å². The van der Waals surface area contributed by atoms with Crippen LogP contribution in [0.4, 0.5) is 11.4 Å². The fraction of sp³-hybridized carbons (Fsp3) is 0. The summed E-state index contributed by atoms with van der Waals surface area (Å²) in [5.74, 6) is 0. The van der Waals surface area contributed by atoms with E-state index in [1.54, 1.807) is 0 Å². The third-order valence-electron chi connectivity index (χ3n) is 1.60. The number of nitrogens with two attached hydrogens (primary N) is 2. The van der Waals surface area contributed by atoms with Crippen LogP contribution in [0.2, 0.25) is 0 Å². The molecule has 0 radical (unpaired) electrons. The van der Waals surface area contributed by atoms with E-state index in [9.17, 15) is 0 Å². The van der Waals surface area contributed by atoms with E-state index < -0.39 is 0 Å². The molecular weight excluding hydrogens is 200 g/mol. The van der Waals surface area contributed by atoms with Crippen LogP contribution < -0.4 is 11.5 Å². The normalized spacial score (nSPS) is 7.75. The second-order valence-electron chi connectivity index (χ2n) is 2.82. The summed E-state index contributed by atoms with van der Waals surface area (Å²) in [7, 11) is 0. The van der Waals surface area contributed by atoms with E-state index in [1.165, 1.54) is 0 Å². The second kappa shape index (κ2) is 9.27. The summed E-state index contributed by atoms with van der Waals surface area (Å²) in [6, 6.07) is 19.0. The van der Waals surface area contributed by atoms with Crippen molar-refractivity contribution in [3.8, 4) is 0 Å². The van der Waals surface area contributed by atoms with Gasteiger partial charge < -0.3 is 16.3 Å². The molecule has 0 aromatic heterocycles. The summed E-state index contributed by atoms with van der Waals surface area (Å²) < 4.78 is 0. The molecule has 0 atom stereocenters. The van der Waals surface area contributed by atoms with E-state index in [-0.39, 0.29) is 0 Å². The minimum Gasteiger partial charge on any atom is -0.399 e. The molecule has 0 saturated heterocycles. The molecule has 2 aromatic rings. The third kappa shape index (κ3) is 7.15. The van der Waals surface area contributed by atoms with Gasteiger partial charge in [-0.15, -0.1) is 0 Å². The van der Waals surface area contributed by atoms with Gasteiger partial charge in [-0.3, -0.25) is 0 Å². The average molecular weight is 216 g/mol. The maximum atomic E-state index is 8.00. The Morgan fingerprint density at radius 2 is 0.875 bits per heavy atom. The number of hydrogen-bond donors (Lipinski definition) is 2. The monoisotopic (exact) mass is 216 g/mol. The molecule has 0 saturated carbocycles. The van der Waals surface area contributed by atoms with Crippen LogP contribution in [0.5, 0.6) is 0 Å². The molecule has 0 heterocycles. The maximum Gasteiger partial charge on any atom is 0.106 e. The van der Waals surface area contributed by atoms with E-state index in [0.717, 1.165) is 11.4 Å². The Kier molecular flexibility index (Phi) is 7.95. The van der Waals surface area contributed by atoms with E-state index in [0.29, 0.717) is 0 Å². The Hall–Kier alpha value is -2.29. The molecule has 0 aliphatic carbocycles. The molecule has 0 aliphatic heterocycles. The molecule has 2 rings (SSSR count). The molecule has 16 heavy (non-hydrogen) atoms. The molecule has 0 unspecified atom stereocenters. The smallest absolute Gasteiger partial charge is 0.106 e. The Morgan fingerprint density at radius 3 is 1.00 bits per heavy atom. The largest absolute Gasteiger partial charge is 0.399 e. The van der Waals surface area contributed by atoms with Gasteiger partial charge in [0.05, 0.1) is 0 Å². The molecule has 0 amide bonds. The minimum absolute atomic E-state index is 0.822. The second-order valence-corrected chi connectivity index (χ2v) is 2.82. The van der Waals surface area contributed by atoms with Gasteiger partial charge in [-0.1, -0.05) is 36.4 Å². The summed E-state index contributed by atoms with van der Waals surface area (Å²) in [5, 5.41) is 0. The van der Waals surface area contributed by atoms with Crippen molar-refractivity contribution in [1.82, 2.24) is 0 Å². The van der Waals surface area contributed by atoms with E-state index >= 15 is 0 Å². The van der Waals surface area contributed by atoms with Crippen LogP contribution in [0.1, 0.15) is 0 Å². The highest BCUT2D eigenvalue weighted by atomic mass is 16.1. The van der Waals surface area contributed by atoms with Crippen molar-refractivity contribution in [3.63, 3.8) is 0 Å². The van der Waals surface area contributed by atoms with Gasteiger partial charge in [-0.2, -0.15) is 0 Å². The first-order valence-electron chi connectivity index (χ1n) is 4.69. The lowest BCUT2D eigenvalue weighted by molar-refractivity contribution is -0.0979. The van der Waals surface area contributed by atoms with Gasteiger partial charge in [-0.05, 0) is 24.3 Å². The maximum absolute atomic E-state index is 8.00. The van der Waals surface area contributed by atoms with Crippen molar-refractivity contribution in [2.45, 2.75) is 0 Å². The van der Waals surface area contributed by atoms with Gasteiger partial charge in [-0.25, -0.2) is 0 Å². The lowest BCUT2D eigenvalue weighted by atomic mass is 10.3. The molecule has 0 aliphatic rings. The summed E-state index contributed by atoms with van der Waals surface area (Å²) in [6.07, 6.45) is 0. The topological polar surface area (TPSA) is 69.1 Å². The molecule has 3 heteroatoms. The van der Waals surface area contributed by atoms with Crippen molar-refractivity contribution in [2.24, 2.45) is 0 Å². The number of nitrogen functional groups attached to an aromatic ring is 2. The first kappa shape index (κ1) is 13.7. The van der Waals surface area contributed by atoms with Crippen LogP contribution in [0, 0.1) is 0 Å². The average Bonchev–Trinajstić information content (AvgIpc) is 2.34. The van der Waals surface area contributed by atoms with Gasteiger partial charge in [0.25, 0.3) is 0 Å². The highest BCUT2D eigenvalue weighted by Gasteiger charge is 1.72. The summed E-state index contributed by atoms with van der Waals surface area (Å²) in [4.78, 5) is 8.00. The van der Waals surface area contributed by atoms with Crippen molar-refractivity contribution < 1.29 is 4.79 Å². The van der Waals surface area contributed by atoms with Gasteiger partial charge in [0.2, 0.25) is 0 Å². The number of anilines is 2. The quantitative estimate of drug-likeness (QED) is 0.664. The molecule has 3 nitrogen and oxygen atoms in total. The number of rotatable bonds is 0. The first-order valence-corrected chi connectivity index (χ1v) is 4.69. The van der Waals surface area contributed by atoms with Crippen molar-refractivity contribution in [1.29, 1.82) is 0 Å². The third-order valence-corrected chi connectivity index (χ3v) is 1.60. The number of para-hydroxylation sites is 2. The lowest BCUT2D eigenvalue weighted by Crippen LogP contribution is -1.79. The number of carbonyl (C=O) groups is 1. The summed E-state index contributed by atoms with van der Waals surface area (Å²) >= 11 is 0. The van der Waals surface area contributed by atoms with E-state index in [1.807, 2.05) is 67.5 Å². The van der Waals surface area contributed by atoms with Gasteiger partial charge in [0, 0.05) is 11.4 Å². The molecular formula is C13H16N2O. The molecule has 4 N–H and O–H groups in total. The van der Waals surface area contributed by atoms with E-state index in [4.69, 9.17) is 16.3 Å². The highest BCUT2D eigenvalue weighted by molar-refractivity contribution is 5.36. The van der Waals surface area contributed by atoms with Gasteiger partial charge >= 0.3 is 0 Å². The molecule has 0 fully saturated rings. The fourth-order valence-corrected chi connectivity index (χ4v) is 0.906. The highest BCUT2D eigenvalue weighted by Crippen LogP contribution is 1.96. The van der Waals surface area contributed by atoms with Crippen LogP contribution in [0.25, 0.3) is 0 Å². The Labute approximate surface area is 95.7 Å². The Bertz CT molecular complexity index is 325. The predicted octanol–water partition coefficient (Wildman–Crippen LogP) is 2.35. The number of hydrogen-bond acceptors (Lipinski definition) is 3. The van der Waals surface area contributed by atoms with Crippen LogP contribution in [-0.4, -0.2) is 6.79 Å². The Morgan fingerprint density at radius 1 is 0.625 bits per heavy atom. The summed E-state index contributed by atoms with van der Waals surface area (Å²) in [6.45, 7) is 2.00. The zero-order valence-electron chi connectivity index (χ0n) is 9.04. The standard InChI is InChI=1S/2C6H7N.CH2O/c2*7-6-4-2-1-3-5-6;1-2/h2*1-5H,7H2;1H2. The molecule has 0 bridgehead atoms. The molecule has 84 valence electrons. The zero-order valence-corrected chi connectivity index (χ0v) is 9.04. The minimum atomic E-state index is 0.822. The first-order chi connectivity index (χ1) is 7.79. The Balaban J connectivity index is 0.000000244. The van der Waals surface area contributed by atoms with Crippen molar-refractivity contribution >= 4 is 18.2 Å². The summed E-state index contributed by atoms with van der Waals surface area (Å²) in [5.41, 5.74) is 12.4. The van der Waals surface area contributed by atoms with Crippen molar-refractivity contribution in [2.75, 3.05) is 11.5 Å². The van der Waals surface area contributed by atoms with E-state index in [2.05, 4.69) is 0 Å². The SMILES string of the molecule is C=O.Nc1ccccc1.Nc1ccccc1. The predicted molar refractivity (Wildman–Crippen MR) is 68.8 cm³/mol. The fourth-order valence-electron chi connectivity index (χ4n) is 0.906. The van der Waals surface area contributed by atoms with Crippen LogP contribution in [0.15, 0.2) is 60.7 Å². The van der Waals surface area contributed by atoms with Crippen LogP contribution in [0.3, 0.4) is 0 Å². The molecule has 0 spiro atoms. The lowest BCUT2D eigenvalue weighted by Gasteiger charge is -1.83. The van der Waals surface area contributed by atoms with Gasteiger partial charge in [0.15, 0.2) is 0 Å². The molecule has 2 aromatic carbocycles. The van der Waals surface area contributed by atoms with Crippen LogP contribution in [-0.2, 0) is 4.79 Å².